The molecular formula is C17H22O4. The molecule has 0 aromatic heterocycles. The quantitative estimate of drug-likeness (QED) is 0.439. The van der Waals surface area contributed by atoms with E-state index in [9.17, 15) is 9.59 Å². The lowest BCUT2D eigenvalue weighted by Gasteiger charge is -2.20. The predicted molar refractivity (Wildman–Crippen MR) is 81.5 cm³/mol. The van der Waals surface area contributed by atoms with Crippen molar-refractivity contribution in [3.63, 3.8) is 0 Å². The summed E-state index contributed by atoms with van der Waals surface area (Å²) in [7, 11) is 0. The zero-order valence-corrected chi connectivity index (χ0v) is 12.8. The molecule has 1 aromatic carbocycles. The Morgan fingerprint density at radius 2 is 1.71 bits per heavy atom. The smallest absolute Gasteiger partial charge is 0.330 e. The summed E-state index contributed by atoms with van der Waals surface area (Å²) in [5.74, 6) is -0.731. The molecule has 0 aliphatic carbocycles. The number of rotatable bonds is 7. The molecule has 21 heavy (non-hydrogen) atoms. The second-order valence-corrected chi connectivity index (χ2v) is 5.28. The molecule has 0 bridgehead atoms. The van der Waals surface area contributed by atoms with Gasteiger partial charge in [0.05, 0.1) is 5.41 Å². The Morgan fingerprint density at radius 1 is 1.10 bits per heavy atom. The van der Waals surface area contributed by atoms with Crippen LogP contribution < -0.4 is 0 Å². The maximum atomic E-state index is 11.7. The lowest BCUT2D eigenvalue weighted by atomic mass is 9.91. The Morgan fingerprint density at radius 3 is 2.33 bits per heavy atom. The summed E-state index contributed by atoms with van der Waals surface area (Å²) in [6, 6.07) is 9.46. The molecule has 0 radical (unpaired) electrons. The van der Waals surface area contributed by atoms with Crippen LogP contribution >= 0.6 is 0 Å². The van der Waals surface area contributed by atoms with Crippen molar-refractivity contribution in [3.05, 3.63) is 42.0 Å². The molecule has 0 N–H and O–H groups in total. The van der Waals surface area contributed by atoms with Crippen molar-refractivity contribution in [2.45, 2.75) is 27.2 Å². The van der Waals surface area contributed by atoms with Crippen LogP contribution in [0.3, 0.4) is 0 Å². The van der Waals surface area contributed by atoms with Crippen molar-refractivity contribution in [2.24, 2.45) is 5.41 Å². The van der Waals surface area contributed by atoms with Gasteiger partial charge >= 0.3 is 11.9 Å². The second kappa shape index (κ2) is 8.25. The first kappa shape index (κ1) is 17.0. The molecule has 0 heterocycles. The Kier molecular flexibility index (Phi) is 6.66. The summed E-state index contributed by atoms with van der Waals surface area (Å²) in [5.41, 5.74) is 0.419. The molecule has 1 rings (SSSR count). The first-order valence-electron chi connectivity index (χ1n) is 7.03. The topological polar surface area (TPSA) is 52.6 Å². The van der Waals surface area contributed by atoms with Gasteiger partial charge < -0.3 is 9.47 Å². The van der Waals surface area contributed by atoms with E-state index in [-0.39, 0.29) is 19.2 Å². The summed E-state index contributed by atoms with van der Waals surface area (Å²) < 4.78 is 10.0. The molecule has 0 aliphatic heterocycles. The zero-order valence-electron chi connectivity index (χ0n) is 12.8. The normalized spacial score (nSPS) is 11.4. The summed E-state index contributed by atoms with van der Waals surface area (Å²) in [4.78, 5) is 23.1. The van der Waals surface area contributed by atoms with Gasteiger partial charge in [0.25, 0.3) is 0 Å². The predicted octanol–water partition coefficient (Wildman–Crippen LogP) is 3.22. The highest BCUT2D eigenvalue weighted by atomic mass is 16.6. The van der Waals surface area contributed by atoms with Gasteiger partial charge in [-0.3, -0.25) is 4.79 Å². The van der Waals surface area contributed by atoms with E-state index >= 15 is 0 Å². The van der Waals surface area contributed by atoms with E-state index in [1.165, 1.54) is 6.08 Å². The summed E-state index contributed by atoms with van der Waals surface area (Å²) in [6.07, 6.45) is 3.73. The molecule has 0 saturated heterocycles. The number of carbonyl (C=O) groups is 2. The molecule has 0 unspecified atom stereocenters. The van der Waals surface area contributed by atoms with Gasteiger partial charge in [0.2, 0.25) is 0 Å². The van der Waals surface area contributed by atoms with Crippen molar-refractivity contribution in [1.29, 1.82) is 0 Å². The van der Waals surface area contributed by atoms with Crippen LogP contribution in [0.1, 0.15) is 32.8 Å². The van der Waals surface area contributed by atoms with Gasteiger partial charge in [0, 0.05) is 6.08 Å². The molecule has 1 aromatic rings. The van der Waals surface area contributed by atoms with Gasteiger partial charge in [-0.05, 0) is 31.9 Å². The lowest BCUT2D eigenvalue weighted by Crippen LogP contribution is -2.27. The maximum Gasteiger partial charge on any atom is 0.330 e. The number of ether oxygens (including phenoxy) is 2. The van der Waals surface area contributed by atoms with Gasteiger partial charge in [-0.25, -0.2) is 4.79 Å². The fourth-order valence-electron chi connectivity index (χ4n) is 1.39. The number of carbonyl (C=O) groups excluding carboxylic acids is 2. The highest BCUT2D eigenvalue weighted by molar-refractivity contribution is 5.87. The zero-order chi connectivity index (χ0) is 15.7. The van der Waals surface area contributed by atoms with Crippen molar-refractivity contribution in [1.82, 2.24) is 0 Å². The summed E-state index contributed by atoms with van der Waals surface area (Å²) in [6.45, 7) is 5.71. The fourth-order valence-corrected chi connectivity index (χ4v) is 1.39. The number of hydrogen-bond acceptors (Lipinski definition) is 4. The standard InChI is InChI=1S/C17H22O4/c1-4-17(2,3)16(19)21-13-12-20-15(18)11-10-14-8-6-5-7-9-14/h5-11H,4,12-13H2,1-3H3. The molecule has 0 amide bonds. The van der Waals surface area contributed by atoms with Crippen molar-refractivity contribution in [3.8, 4) is 0 Å². The van der Waals surface area contributed by atoms with Gasteiger partial charge in [0.15, 0.2) is 0 Å². The van der Waals surface area contributed by atoms with Gasteiger partial charge in [-0.2, -0.15) is 0 Å². The van der Waals surface area contributed by atoms with E-state index in [0.29, 0.717) is 6.42 Å². The minimum Gasteiger partial charge on any atom is -0.462 e. The van der Waals surface area contributed by atoms with Crippen LogP contribution in [0.25, 0.3) is 6.08 Å². The van der Waals surface area contributed by atoms with Crippen LogP contribution in [0.15, 0.2) is 36.4 Å². The van der Waals surface area contributed by atoms with Crippen LogP contribution in [0, 0.1) is 5.41 Å². The Hall–Kier alpha value is -2.10. The summed E-state index contributed by atoms with van der Waals surface area (Å²) in [5, 5.41) is 0. The third-order valence-corrected chi connectivity index (χ3v) is 3.21. The SMILES string of the molecule is CCC(C)(C)C(=O)OCCOC(=O)C=Cc1ccccc1. The molecule has 4 nitrogen and oxygen atoms in total. The minimum absolute atomic E-state index is 0.0590. The molecule has 4 heteroatoms. The molecule has 0 spiro atoms. The van der Waals surface area contributed by atoms with E-state index < -0.39 is 11.4 Å². The highest BCUT2D eigenvalue weighted by Crippen LogP contribution is 2.21. The number of esters is 2. The van der Waals surface area contributed by atoms with Gasteiger partial charge in [-0.1, -0.05) is 37.3 Å². The van der Waals surface area contributed by atoms with E-state index in [4.69, 9.17) is 9.47 Å². The van der Waals surface area contributed by atoms with Gasteiger partial charge in [-0.15, -0.1) is 0 Å². The Labute approximate surface area is 125 Å². The fraction of sp³-hybridized carbons (Fsp3) is 0.412. The van der Waals surface area contributed by atoms with E-state index in [2.05, 4.69) is 0 Å². The largest absolute Gasteiger partial charge is 0.462 e. The molecule has 0 saturated carbocycles. The van der Waals surface area contributed by atoms with Crippen molar-refractivity contribution in [2.75, 3.05) is 13.2 Å². The van der Waals surface area contributed by atoms with Crippen molar-refractivity contribution >= 4 is 18.0 Å². The average Bonchev–Trinajstić information content (AvgIpc) is 2.50. The van der Waals surface area contributed by atoms with E-state index in [1.807, 2.05) is 51.1 Å². The van der Waals surface area contributed by atoms with E-state index in [0.717, 1.165) is 5.56 Å². The molecular weight excluding hydrogens is 268 g/mol. The van der Waals surface area contributed by atoms with Crippen LogP contribution in [-0.2, 0) is 19.1 Å². The molecule has 0 atom stereocenters. The molecule has 0 fully saturated rings. The van der Waals surface area contributed by atoms with E-state index in [1.54, 1.807) is 6.08 Å². The molecule has 114 valence electrons. The lowest BCUT2D eigenvalue weighted by molar-refractivity contribution is -0.157. The number of benzene rings is 1. The second-order valence-electron chi connectivity index (χ2n) is 5.28. The van der Waals surface area contributed by atoms with Crippen LogP contribution in [-0.4, -0.2) is 25.2 Å². The third-order valence-electron chi connectivity index (χ3n) is 3.21. The maximum absolute atomic E-state index is 11.7. The third kappa shape index (κ3) is 6.25. The monoisotopic (exact) mass is 290 g/mol. The van der Waals surface area contributed by atoms with Crippen LogP contribution in [0.4, 0.5) is 0 Å². The van der Waals surface area contributed by atoms with Crippen LogP contribution in [0.2, 0.25) is 0 Å². The highest BCUT2D eigenvalue weighted by Gasteiger charge is 2.26. The number of hydrogen-bond donors (Lipinski definition) is 0. The molecule has 0 aliphatic rings. The Bertz CT molecular complexity index is 489. The van der Waals surface area contributed by atoms with Crippen LogP contribution in [0.5, 0.6) is 0 Å². The van der Waals surface area contributed by atoms with Gasteiger partial charge in [0.1, 0.15) is 13.2 Å². The summed E-state index contributed by atoms with van der Waals surface area (Å²) >= 11 is 0. The van der Waals surface area contributed by atoms with Crippen molar-refractivity contribution < 1.29 is 19.1 Å². The minimum atomic E-state index is -0.503. The average molecular weight is 290 g/mol. The first-order chi connectivity index (χ1) is 9.95. The first-order valence-corrected chi connectivity index (χ1v) is 7.03. The Balaban J connectivity index is 2.26.